The second-order valence-corrected chi connectivity index (χ2v) is 0.647. The molecule has 1 aliphatic rings. The Morgan fingerprint density at radius 2 is 2.80 bits per heavy atom. The van der Waals surface area contributed by atoms with Gasteiger partial charge in [-0.1, -0.05) is 0 Å². The summed E-state index contributed by atoms with van der Waals surface area (Å²) in [6.45, 7) is -2.20. The second kappa shape index (κ2) is 1.35. The van der Waals surface area contributed by atoms with Crippen molar-refractivity contribution in [3.05, 3.63) is 0 Å². The molecule has 0 bridgehead atoms. The SMILES string of the molecule is [2H]N1CC([2H])([2H])N([2H])N1[2H]. The van der Waals surface area contributed by atoms with Crippen LogP contribution in [0.5, 0.6) is 0 Å². The van der Waals surface area contributed by atoms with Crippen molar-refractivity contribution in [2.45, 2.75) is 0 Å². The molecule has 30 valence electrons. The van der Waals surface area contributed by atoms with Crippen LogP contribution in [-0.4, -0.2) is 13.0 Å². The van der Waals surface area contributed by atoms with E-state index in [1.165, 1.54) is 0 Å². The maximum atomic E-state index is 7.03. The third kappa shape index (κ3) is 0.576. The monoisotopic (exact) mass is 78.1 g/mol. The Morgan fingerprint density at radius 3 is 3.00 bits per heavy atom. The molecule has 0 radical (unpaired) electrons. The van der Waals surface area contributed by atoms with E-state index >= 15 is 0 Å². The fraction of sp³-hybridized carbons (Fsp3) is 1.00. The highest BCUT2D eigenvalue weighted by atomic mass is 15.6. The summed E-state index contributed by atoms with van der Waals surface area (Å²) in [7, 11) is 0. The summed E-state index contributed by atoms with van der Waals surface area (Å²) in [5.41, 5.74) is 1.22. The van der Waals surface area contributed by atoms with Crippen molar-refractivity contribution in [2.75, 3.05) is 13.0 Å². The Hall–Kier alpha value is -0.120. The highest BCUT2D eigenvalue weighted by Gasteiger charge is 1.89. The summed E-state index contributed by atoms with van der Waals surface area (Å²) < 4.78 is 34.7. The highest BCUT2D eigenvalue weighted by molar-refractivity contribution is 4.46. The topological polar surface area (TPSA) is 36.1 Å². The molecule has 3 nitrogen and oxygen atoms in total. The smallest absolute Gasteiger partial charge is 0.161 e. The molecule has 1 saturated heterocycles. The maximum absolute atomic E-state index is 7.03. The zero-order chi connectivity index (χ0) is 7.94. The lowest BCUT2D eigenvalue weighted by molar-refractivity contribution is 0.592. The normalized spacial score (nSPS) is 60.4. The van der Waals surface area contributed by atoms with Crippen molar-refractivity contribution in [2.24, 2.45) is 0 Å². The van der Waals surface area contributed by atoms with Crippen LogP contribution in [0.15, 0.2) is 0 Å². The highest BCUT2D eigenvalue weighted by Crippen LogP contribution is 1.54. The third-order valence-corrected chi connectivity index (χ3v) is 0.320. The number of rotatable bonds is 0. The largest absolute Gasteiger partial charge is 0.243 e. The lowest BCUT2D eigenvalue weighted by Gasteiger charge is -1.82. The van der Waals surface area contributed by atoms with Crippen LogP contribution in [0.3, 0.4) is 0 Å². The lowest BCUT2D eigenvalue weighted by Crippen LogP contribution is -2.29. The van der Waals surface area contributed by atoms with Gasteiger partial charge in [0.05, 0.1) is 0 Å². The predicted octanol–water partition coefficient (Wildman–Crippen LogP) is -1.40. The zero-order valence-electron chi connectivity index (χ0n) is 7.55. The molecule has 1 aliphatic heterocycles. The average molecular weight is 78.1 g/mol. The summed E-state index contributed by atoms with van der Waals surface area (Å²) in [6.07, 6.45) is 0. The van der Waals surface area contributed by atoms with Gasteiger partial charge < -0.3 is 0 Å². The van der Waals surface area contributed by atoms with Gasteiger partial charge in [0, 0.05) is 15.8 Å². The third-order valence-electron chi connectivity index (χ3n) is 0.320. The molecule has 3 N–H and O–H groups in total. The van der Waals surface area contributed by atoms with Crippen molar-refractivity contribution >= 4 is 0 Å². The lowest BCUT2D eigenvalue weighted by atomic mass is 10.7. The number of hydrazine groups is 2. The van der Waals surface area contributed by atoms with E-state index in [4.69, 9.17) is 6.98 Å². The molecule has 1 fully saturated rings. The number of nitrogens with one attached hydrogen (secondary N) is 3. The van der Waals surface area contributed by atoms with E-state index in [0.29, 0.717) is 16.4 Å². The van der Waals surface area contributed by atoms with E-state index in [-0.39, 0.29) is 6.54 Å². The van der Waals surface area contributed by atoms with E-state index in [2.05, 4.69) is 0 Å². The minimum absolute atomic E-state index is 0.278. The van der Waals surface area contributed by atoms with E-state index < -0.39 is 6.50 Å². The maximum Gasteiger partial charge on any atom is 0.161 e. The van der Waals surface area contributed by atoms with E-state index in [9.17, 15) is 0 Å². The molecule has 1 heterocycles. The predicted molar refractivity (Wildman–Crippen MR) is 19.1 cm³/mol. The van der Waals surface area contributed by atoms with Crippen LogP contribution in [0.25, 0.3) is 0 Å². The van der Waals surface area contributed by atoms with Crippen LogP contribution in [0.2, 0.25) is 4.24 Å². The van der Waals surface area contributed by atoms with Crippen molar-refractivity contribution in [3.8, 4) is 0 Å². The van der Waals surface area contributed by atoms with Gasteiger partial charge in [0.25, 0.3) is 0 Å². The van der Waals surface area contributed by atoms with E-state index in [0.717, 1.165) is 0 Å². The molecule has 0 aromatic heterocycles. The first-order valence-corrected chi connectivity index (χ1v) is 1.29. The van der Waals surface area contributed by atoms with Gasteiger partial charge >= 0.3 is 0 Å². The molecule has 0 atom stereocenters. The summed E-state index contributed by atoms with van der Waals surface area (Å²) in [5.74, 6) is 0. The number of hydrogen-bond donors (Lipinski definition) is 3. The van der Waals surface area contributed by atoms with Gasteiger partial charge in [-0.3, -0.25) is 0 Å². The van der Waals surface area contributed by atoms with Gasteiger partial charge in [-0.25, -0.2) is 10.8 Å². The Kier molecular flexibility index (Phi) is 0.203. The van der Waals surface area contributed by atoms with Crippen molar-refractivity contribution in [1.29, 1.82) is 0 Å². The summed E-state index contributed by atoms with van der Waals surface area (Å²) in [4.78, 5) is 0. The first-order chi connectivity index (χ1) is 4.45. The molecule has 0 amide bonds. The summed E-state index contributed by atoms with van der Waals surface area (Å²) in [6, 6.07) is 0. The quantitative estimate of drug-likeness (QED) is 0.333. The molecule has 0 aliphatic carbocycles. The molecular weight excluding hydrogens is 66.0 g/mol. The van der Waals surface area contributed by atoms with Gasteiger partial charge in [0.1, 0.15) is 2.82 Å². The minimum Gasteiger partial charge on any atom is -0.243 e. The van der Waals surface area contributed by atoms with Gasteiger partial charge in [0.15, 0.2) is 1.41 Å². The molecule has 5 heavy (non-hydrogen) atoms. The first kappa shape index (κ1) is 0.753. The number of hydrogen-bond acceptors (Lipinski definition) is 3. The fourth-order valence-electron chi connectivity index (χ4n) is 0.158. The zero-order valence-corrected chi connectivity index (χ0v) is 2.55. The summed E-state index contributed by atoms with van der Waals surface area (Å²) in [5, 5.41) is 0. The molecule has 1 rings (SSSR count). The van der Waals surface area contributed by atoms with Crippen LogP contribution in [0, 0.1) is 0 Å². The van der Waals surface area contributed by atoms with Gasteiger partial charge in [-0.05, 0) is 0 Å². The van der Waals surface area contributed by atoms with Crippen LogP contribution in [0.1, 0.15) is 2.74 Å². The van der Waals surface area contributed by atoms with Crippen LogP contribution >= 0.6 is 0 Å². The molecule has 0 unspecified atom stereocenters. The average Bonchev–Trinajstić information content (AvgIpc) is 1.95. The molecular formula is C2H7N3. The van der Waals surface area contributed by atoms with Crippen molar-refractivity contribution in [3.63, 3.8) is 0 Å². The Bertz CT molecular complexity index is 139. The molecule has 0 aromatic carbocycles. The standard InChI is InChI=1S/C2H7N3/c1-2-4-5-3-1/h3-5H,1-2H2/i1D2/hD3. The van der Waals surface area contributed by atoms with Gasteiger partial charge in [-0.2, -0.15) is 5.53 Å². The van der Waals surface area contributed by atoms with Crippen molar-refractivity contribution < 1.29 is 6.98 Å². The fourth-order valence-corrected chi connectivity index (χ4v) is 0.158. The Balaban J connectivity index is 2.71. The molecule has 3 heteroatoms. The van der Waals surface area contributed by atoms with Gasteiger partial charge in [0.2, 0.25) is 0 Å². The Labute approximate surface area is 37.9 Å². The summed E-state index contributed by atoms with van der Waals surface area (Å²) >= 11 is 0. The van der Waals surface area contributed by atoms with Crippen molar-refractivity contribution in [1.82, 2.24) is 16.4 Å². The van der Waals surface area contributed by atoms with Crippen LogP contribution in [0.4, 0.5) is 0 Å². The molecule has 0 aromatic rings. The first-order valence-electron chi connectivity index (χ1n) is 3.64. The van der Waals surface area contributed by atoms with E-state index in [1.54, 1.807) is 0 Å². The minimum atomic E-state index is -1.93. The van der Waals surface area contributed by atoms with Crippen LogP contribution in [-0.2, 0) is 0 Å². The second-order valence-electron chi connectivity index (χ2n) is 0.647. The molecule has 0 saturated carbocycles. The van der Waals surface area contributed by atoms with Crippen LogP contribution < -0.4 is 16.4 Å². The molecule has 0 spiro atoms. The van der Waals surface area contributed by atoms with Gasteiger partial charge in [-0.15, -0.1) is 0 Å². The Morgan fingerprint density at radius 1 is 1.80 bits per heavy atom. The van der Waals surface area contributed by atoms with E-state index in [1.807, 2.05) is 0 Å².